The lowest BCUT2D eigenvalue weighted by Crippen LogP contribution is -2.04. The summed E-state index contributed by atoms with van der Waals surface area (Å²) in [6.45, 7) is 0.175. The Morgan fingerprint density at radius 2 is 2.06 bits per heavy atom. The molecule has 1 aromatic heterocycles. The number of nitriles is 1. The first kappa shape index (κ1) is 12.0. The monoisotopic (exact) mass is 245 g/mol. The van der Waals surface area contributed by atoms with E-state index in [9.17, 15) is 8.78 Å². The first-order valence-electron chi connectivity index (χ1n) is 5.24. The molecule has 0 unspecified atom stereocenters. The molecule has 0 atom stereocenters. The van der Waals surface area contributed by atoms with Gasteiger partial charge in [0.05, 0.1) is 0 Å². The molecular formula is C13H9F2N3. The zero-order chi connectivity index (χ0) is 13.0. The molecular weight excluding hydrogens is 236 g/mol. The summed E-state index contributed by atoms with van der Waals surface area (Å²) in [5.74, 6) is -0.752. The summed E-state index contributed by atoms with van der Waals surface area (Å²) in [5.41, 5.74) is 0.611. The van der Waals surface area contributed by atoms with E-state index in [1.165, 1.54) is 12.1 Å². The minimum absolute atomic E-state index is 0.175. The van der Waals surface area contributed by atoms with Gasteiger partial charge in [-0.3, -0.25) is 0 Å². The van der Waals surface area contributed by atoms with E-state index < -0.39 is 11.6 Å². The van der Waals surface area contributed by atoms with Gasteiger partial charge in [-0.05, 0) is 18.2 Å². The van der Waals surface area contributed by atoms with E-state index in [-0.39, 0.29) is 12.2 Å². The summed E-state index contributed by atoms with van der Waals surface area (Å²) in [4.78, 5) is 3.98. The van der Waals surface area contributed by atoms with Crippen LogP contribution in [0, 0.1) is 23.0 Å². The van der Waals surface area contributed by atoms with E-state index in [1.807, 2.05) is 6.07 Å². The van der Waals surface area contributed by atoms with Crippen molar-refractivity contribution in [3.63, 3.8) is 0 Å². The molecule has 5 heteroatoms. The molecule has 0 saturated heterocycles. The van der Waals surface area contributed by atoms with Crippen LogP contribution in [0.3, 0.4) is 0 Å². The molecule has 2 aromatic rings. The van der Waals surface area contributed by atoms with Crippen molar-refractivity contribution in [2.45, 2.75) is 6.54 Å². The smallest absolute Gasteiger partial charge is 0.142 e. The fourth-order valence-electron chi connectivity index (χ4n) is 1.45. The molecule has 3 nitrogen and oxygen atoms in total. The van der Waals surface area contributed by atoms with Crippen LogP contribution in [-0.2, 0) is 6.54 Å². The van der Waals surface area contributed by atoms with E-state index in [0.717, 1.165) is 6.07 Å². The average Bonchev–Trinajstić information content (AvgIpc) is 2.38. The number of pyridine rings is 1. The maximum absolute atomic E-state index is 13.3. The summed E-state index contributed by atoms with van der Waals surface area (Å²) in [6.07, 6.45) is 0. The van der Waals surface area contributed by atoms with Crippen molar-refractivity contribution in [3.8, 4) is 6.07 Å². The minimum Gasteiger partial charge on any atom is -0.366 e. The molecule has 90 valence electrons. The predicted octanol–water partition coefficient (Wildman–Crippen LogP) is 2.84. The van der Waals surface area contributed by atoms with Crippen molar-refractivity contribution in [2.75, 3.05) is 5.32 Å². The third-order valence-corrected chi connectivity index (χ3v) is 2.34. The second kappa shape index (κ2) is 5.23. The SMILES string of the molecule is N#Cc1cccc(NCc2ccc(F)cc2F)n1. The van der Waals surface area contributed by atoms with Crippen molar-refractivity contribution in [2.24, 2.45) is 0 Å². The molecule has 1 heterocycles. The molecule has 0 saturated carbocycles. The Hall–Kier alpha value is -2.48. The van der Waals surface area contributed by atoms with Crippen LogP contribution in [0.25, 0.3) is 0 Å². The highest BCUT2D eigenvalue weighted by molar-refractivity contribution is 5.39. The van der Waals surface area contributed by atoms with Crippen molar-refractivity contribution in [1.29, 1.82) is 5.26 Å². The molecule has 2 rings (SSSR count). The number of rotatable bonds is 3. The highest BCUT2D eigenvalue weighted by Crippen LogP contribution is 2.12. The lowest BCUT2D eigenvalue weighted by Gasteiger charge is -2.06. The summed E-state index contributed by atoms with van der Waals surface area (Å²) in [6, 6.07) is 10.2. The predicted molar refractivity (Wildman–Crippen MR) is 62.6 cm³/mol. The van der Waals surface area contributed by atoms with Crippen LogP contribution in [-0.4, -0.2) is 4.98 Å². The zero-order valence-corrected chi connectivity index (χ0v) is 9.32. The second-order valence-electron chi connectivity index (χ2n) is 3.61. The van der Waals surface area contributed by atoms with Crippen molar-refractivity contribution < 1.29 is 8.78 Å². The molecule has 0 amide bonds. The second-order valence-corrected chi connectivity index (χ2v) is 3.61. The molecule has 0 spiro atoms. The fraction of sp³-hybridized carbons (Fsp3) is 0.0769. The number of nitrogens with one attached hydrogen (secondary N) is 1. The standard InChI is InChI=1S/C13H9F2N3/c14-10-5-4-9(12(15)6-10)8-17-13-3-1-2-11(7-16)18-13/h1-6H,8H2,(H,17,18). The lowest BCUT2D eigenvalue weighted by atomic mass is 10.2. The van der Waals surface area contributed by atoms with Crippen LogP contribution in [0.5, 0.6) is 0 Å². The molecule has 0 aliphatic rings. The summed E-state index contributed by atoms with van der Waals surface area (Å²) in [7, 11) is 0. The Kier molecular flexibility index (Phi) is 3.49. The molecule has 18 heavy (non-hydrogen) atoms. The van der Waals surface area contributed by atoms with Gasteiger partial charge in [-0.25, -0.2) is 13.8 Å². The van der Waals surface area contributed by atoms with E-state index in [4.69, 9.17) is 5.26 Å². The molecule has 0 aliphatic heterocycles. The Morgan fingerprint density at radius 3 is 2.78 bits per heavy atom. The Bertz CT molecular complexity index is 605. The third-order valence-electron chi connectivity index (χ3n) is 2.34. The van der Waals surface area contributed by atoms with Gasteiger partial charge in [-0.1, -0.05) is 12.1 Å². The molecule has 1 N–H and O–H groups in total. The number of hydrogen-bond donors (Lipinski definition) is 1. The van der Waals surface area contributed by atoms with Gasteiger partial charge in [0.2, 0.25) is 0 Å². The third kappa shape index (κ3) is 2.80. The van der Waals surface area contributed by atoms with E-state index in [1.54, 1.807) is 18.2 Å². The van der Waals surface area contributed by atoms with Gasteiger partial charge in [0, 0.05) is 18.2 Å². The van der Waals surface area contributed by atoms with Crippen molar-refractivity contribution in [1.82, 2.24) is 4.98 Å². The Labute approximate surface area is 103 Å². The first-order chi connectivity index (χ1) is 8.69. The van der Waals surface area contributed by atoms with Crippen LogP contribution < -0.4 is 5.32 Å². The maximum atomic E-state index is 13.3. The molecule has 1 aromatic carbocycles. The van der Waals surface area contributed by atoms with Gasteiger partial charge in [-0.15, -0.1) is 0 Å². The van der Waals surface area contributed by atoms with Crippen molar-refractivity contribution in [3.05, 3.63) is 59.3 Å². The van der Waals surface area contributed by atoms with Gasteiger partial charge < -0.3 is 5.32 Å². The summed E-state index contributed by atoms with van der Waals surface area (Å²) >= 11 is 0. The van der Waals surface area contributed by atoms with E-state index >= 15 is 0 Å². The van der Waals surface area contributed by atoms with Crippen LogP contribution in [0.4, 0.5) is 14.6 Å². The topological polar surface area (TPSA) is 48.7 Å². The van der Waals surface area contributed by atoms with Gasteiger partial charge in [0.15, 0.2) is 0 Å². The van der Waals surface area contributed by atoms with Gasteiger partial charge in [0.1, 0.15) is 29.2 Å². The highest BCUT2D eigenvalue weighted by Gasteiger charge is 2.04. The zero-order valence-electron chi connectivity index (χ0n) is 9.32. The lowest BCUT2D eigenvalue weighted by molar-refractivity contribution is 0.574. The largest absolute Gasteiger partial charge is 0.366 e. The Morgan fingerprint density at radius 1 is 1.22 bits per heavy atom. The number of benzene rings is 1. The average molecular weight is 245 g/mol. The molecule has 0 aliphatic carbocycles. The van der Waals surface area contributed by atoms with Crippen molar-refractivity contribution >= 4 is 5.82 Å². The first-order valence-corrected chi connectivity index (χ1v) is 5.24. The number of anilines is 1. The van der Waals surface area contributed by atoms with Crippen LogP contribution >= 0.6 is 0 Å². The fourth-order valence-corrected chi connectivity index (χ4v) is 1.45. The number of hydrogen-bond acceptors (Lipinski definition) is 3. The van der Waals surface area contributed by atoms with E-state index in [2.05, 4.69) is 10.3 Å². The molecule has 0 radical (unpaired) electrons. The van der Waals surface area contributed by atoms with E-state index in [0.29, 0.717) is 11.4 Å². The van der Waals surface area contributed by atoms with Gasteiger partial charge >= 0.3 is 0 Å². The summed E-state index contributed by atoms with van der Waals surface area (Å²) < 4.78 is 26.0. The number of aromatic nitrogens is 1. The van der Waals surface area contributed by atoms with Gasteiger partial charge in [-0.2, -0.15) is 5.26 Å². The quantitative estimate of drug-likeness (QED) is 0.904. The number of halogens is 2. The highest BCUT2D eigenvalue weighted by atomic mass is 19.1. The normalized spacial score (nSPS) is 9.83. The van der Waals surface area contributed by atoms with Crippen LogP contribution in [0.1, 0.15) is 11.3 Å². The van der Waals surface area contributed by atoms with Crippen LogP contribution in [0.2, 0.25) is 0 Å². The minimum atomic E-state index is -0.612. The van der Waals surface area contributed by atoms with Gasteiger partial charge in [0.25, 0.3) is 0 Å². The Balaban J connectivity index is 2.09. The molecule has 0 fully saturated rings. The number of nitrogens with zero attached hydrogens (tertiary/aromatic N) is 2. The maximum Gasteiger partial charge on any atom is 0.142 e. The summed E-state index contributed by atoms with van der Waals surface area (Å²) in [5, 5.41) is 11.6. The van der Waals surface area contributed by atoms with Crippen LogP contribution in [0.15, 0.2) is 36.4 Å². The molecule has 0 bridgehead atoms.